The molecule has 0 bridgehead atoms. The van der Waals surface area contributed by atoms with Crippen molar-refractivity contribution in [1.29, 1.82) is 0 Å². The third kappa shape index (κ3) is 14.3. The molecule has 0 aromatic carbocycles. The van der Waals surface area contributed by atoms with Crippen LogP contribution in [0.4, 0.5) is 0 Å². The van der Waals surface area contributed by atoms with Gasteiger partial charge < -0.3 is 19.9 Å². The molecule has 2 unspecified atom stereocenters. The molecule has 0 radical (unpaired) electrons. The second kappa shape index (κ2) is 14.5. The van der Waals surface area contributed by atoms with Gasteiger partial charge in [0.15, 0.2) is 0 Å². The summed E-state index contributed by atoms with van der Waals surface area (Å²) in [6.07, 6.45) is 4.41. The number of hydrogen-bond donors (Lipinski definition) is 2. The van der Waals surface area contributed by atoms with E-state index < -0.39 is 6.10 Å². The van der Waals surface area contributed by atoms with Gasteiger partial charge in [-0.2, -0.15) is 0 Å². The zero-order chi connectivity index (χ0) is 15.9. The monoisotopic (exact) mass is 301 g/mol. The second-order valence-electron chi connectivity index (χ2n) is 5.82. The lowest BCUT2D eigenvalue weighted by molar-refractivity contribution is 0.0187. The Kier molecular flexibility index (Phi) is 14.2. The number of rotatable bonds is 15. The average molecular weight is 301 g/mol. The zero-order valence-electron chi connectivity index (χ0n) is 14.2. The van der Waals surface area contributed by atoms with E-state index in [4.69, 9.17) is 9.47 Å². The van der Waals surface area contributed by atoms with Crippen LogP contribution in [-0.4, -0.2) is 50.7 Å². The van der Waals surface area contributed by atoms with Gasteiger partial charge in [0, 0.05) is 19.7 Å². The minimum atomic E-state index is -0.449. The van der Waals surface area contributed by atoms with Gasteiger partial charge in [-0.05, 0) is 19.3 Å². The first-order valence-electron chi connectivity index (χ1n) is 8.28. The van der Waals surface area contributed by atoms with E-state index >= 15 is 0 Å². The molecule has 0 fully saturated rings. The highest BCUT2D eigenvalue weighted by Gasteiger charge is 2.08. The van der Waals surface area contributed by atoms with Gasteiger partial charge in [0.1, 0.15) is 0 Å². The van der Waals surface area contributed by atoms with Crippen LogP contribution in [0.3, 0.4) is 0 Å². The number of ether oxygens (including phenoxy) is 2. The summed E-state index contributed by atoms with van der Waals surface area (Å²) in [6, 6.07) is 0. The number of aliphatic hydroxyl groups excluding tert-OH is 1. The molecule has 126 valence electrons. The topological polar surface area (TPSA) is 50.7 Å². The summed E-state index contributed by atoms with van der Waals surface area (Å²) >= 11 is 0. The Balaban J connectivity index is 3.44. The van der Waals surface area contributed by atoms with Gasteiger partial charge >= 0.3 is 0 Å². The van der Waals surface area contributed by atoms with Gasteiger partial charge in [-0.3, -0.25) is 0 Å². The molecule has 0 aromatic rings. The normalized spacial score (nSPS) is 14.1. The Hall–Kier alpha value is -0.420. The highest BCUT2D eigenvalue weighted by Crippen LogP contribution is 2.12. The highest BCUT2D eigenvalue weighted by atomic mass is 16.5. The van der Waals surface area contributed by atoms with E-state index in [1.165, 1.54) is 19.3 Å². The smallest absolute Gasteiger partial charge is 0.0897 e. The summed E-state index contributed by atoms with van der Waals surface area (Å²) in [5.41, 5.74) is 1.02. The number of aliphatic hydroxyl groups is 1. The Morgan fingerprint density at radius 2 is 2.00 bits per heavy atom. The molecule has 2 atom stereocenters. The van der Waals surface area contributed by atoms with Crippen LogP contribution in [0.25, 0.3) is 0 Å². The van der Waals surface area contributed by atoms with Crippen LogP contribution in [0.2, 0.25) is 0 Å². The molecule has 0 aliphatic rings. The summed E-state index contributed by atoms with van der Waals surface area (Å²) in [4.78, 5) is 0. The SMILES string of the molecule is C=C(C)COCCNCC(O)COCC(CC)CCCC. The number of unbranched alkanes of at least 4 members (excludes halogenated alkanes) is 1. The Labute approximate surface area is 130 Å². The summed E-state index contributed by atoms with van der Waals surface area (Å²) in [6.45, 7) is 13.8. The minimum Gasteiger partial charge on any atom is -0.389 e. The molecule has 0 saturated heterocycles. The molecule has 0 amide bonds. The minimum absolute atomic E-state index is 0.405. The Morgan fingerprint density at radius 3 is 2.62 bits per heavy atom. The Bertz CT molecular complexity index is 246. The molecular weight excluding hydrogens is 266 g/mol. The lowest BCUT2D eigenvalue weighted by Crippen LogP contribution is -2.33. The van der Waals surface area contributed by atoms with Crippen LogP contribution in [0.5, 0.6) is 0 Å². The Morgan fingerprint density at radius 1 is 1.24 bits per heavy atom. The molecule has 4 nitrogen and oxygen atoms in total. The first-order valence-corrected chi connectivity index (χ1v) is 8.28. The highest BCUT2D eigenvalue weighted by molar-refractivity contribution is 4.87. The van der Waals surface area contributed by atoms with Gasteiger partial charge in [0.05, 0.1) is 25.9 Å². The van der Waals surface area contributed by atoms with Crippen molar-refractivity contribution in [2.75, 3.05) is 39.5 Å². The van der Waals surface area contributed by atoms with Crippen molar-refractivity contribution in [2.45, 2.75) is 52.6 Å². The molecule has 0 heterocycles. The first kappa shape index (κ1) is 20.6. The summed E-state index contributed by atoms with van der Waals surface area (Å²) in [5, 5.41) is 13.0. The fraction of sp³-hybridized carbons (Fsp3) is 0.882. The van der Waals surface area contributed by atoms with Gasteiger partial charge in [0.25, 0.3) is 0 Å². The lowest BCUT2D eigenvalue weighted by Gasteiger charge is -2.17. The third-order valence-electron chi connectivity index (χ3n) is 3.36. The molecule has 0 rings (SSSR count). The van der Waals surface area contributed by atoms with Crippen molar-refractivity contribution < 1.29 is 14.6 Å². The average Bonchev–Trinajstić information content (AvgIpc) is 2.46. The van der Waals surface area contributed by atoms with E-state index in [2.05, 4.69) is 25.7 Å². The molecule has 0 saturated carbocycles. The standard InChI is InChI=1S/C17H35NO3/c1-5-7-8-16(6-2)13-21-14-17(19)11-18-9-10-20-12-15(3)4/h16-19H,3,5-14H2,1-2,4H3. The molecule has 0 aliphatic heterocycles. The van der Waals surface area contributed by atoms with E-state index in [-0.39, 0.29) is 0 Å². The van der Waals surface area contributed by atoms with Crippen LogP contribution in [0.1, 0.15) is 46.5 Å². The molecule has 21 heavy (non-hydrogen) atoms. The number of nitrogens with one attached hydrogen (secondary N) is 1. The van der Waals surface area contributed by atoms with Crippen molar-refractivity contribution >= 4 is 0 Å². The predicted octanol–water partition coefficient (Wildman–Crippen LogP) is 2.76. The summed E-state index contributed by atoms with van der Waals surface area (Å²) < 4.78 is 11.0. The van der Waals surface area contributed by atoms with Crippen LogP contribution < -0.4 is 5.32 Å². The molecule has 0 aliphatic carbocycles. The van der Waals surface area contributed by atoms with E-state index in [1.54, 1.807) is 0 Å². The van der Waals surface area contributed by atoms with Gasteiger partial charge in [0.2, 0.25) is 0 Å². The first-order chi connectivity index (χ1) is 10.1. The van der Waals surface area contributed by atoms with Crippen molar-refractivity contribution in [3.8, 4) is 0 Å². The van der Waals surface area contributed by atoms with E-state index in [0.717, 1.165) is 25.1 Å². The fourth-order valence-electron chi connectivity index (χ4n) is 1.99. The third-order valence-corrected chi connectivity index (χ3v) is 3.36. The quantitative estimate of drug-likeness (QED) is 0.361. The lowest BCUT2D eigenvalue weighted by atomic mass is 10.0. The number of hydrogen-bond acceptors (Lipinski definition) is 4. The maximum Gasteiger partial charge on any atom is 0.0897 e. The summed E-state index contributed by atoms with van der Waals surface area (Å²) in [5.74, 6) is 0.626. The van der Waals surface area contributed by atoms with Crippen LogP contribution >= 0.6 is 0 Å². The van der Waals surface area contributed by atoms with Crippen LogP contribution in [-0.2, 0) is 9.47 Å². The van der Waals surface area contributed by atoms with Crippen LogP contribution in [0, 0.1) is 5.92 Å². The van der Waals surface area contributed by atoms with Crippen molar-refractivity contribution in [3.05, 3.63) is 12.2 Å². The van der Waals surface area contributed by atoms with Crippen molar-refractivity contribution in [2.24, 2.45) is 5.92 Å². The fourth-order valence-corrected chi connectivity index (χ4v) is 1.99. The molecule has 2 N–H and O–H groups in total. The zero-order valence-corrected chi connectivity index (χ0v) is 14.2. The largest absolute Gasteiger partial charge is 0.389 e. The van der Waals surface area contributed by atoms with Gasteiger partial charge in [-0.1, -0.05) is 45.3 Å². The second-order valence-corrected chi connectivity index (χ2v) is 5.82. The summed E-state index contributed by atoms with van der Waals surface area (Å²) in [7, 11) is 0. The predicted molar refractivity (Wildman–Crippen MR) is 88.6 cm³/mol. The molecular formula is C17H35NO3. The van der Waals surface area contributed by atoms with E-state index in [9.17, 15) is 5.11 Å². The van der Waals surface area contributed by atoms with E-state index in [1.807, 2.05) is 6.92 Å². The molecule has 4 heteroatoms. The maximum absolute atomic E-state index is 9.81. The van der Waals surface area contributed by atoms with E-state index in [0.29, 0.717) is 32.3 Å². The van der Waals surface area contributed by atoms with Crippen molar-refractivity contribution in [3.63, 3.8) is 0 Å². The van der Waals surface area contributed by atoms with Crippen LogP contribution in [0.15, 0.2) is 12.2 Å². The molecule has 0 aromatic heterocycles. The van der Waals surface area contributed by atoms with Gasteiger partial charge in [-0.25, -0.2) is 0 Å². The van der Waals surface area contributed by atoms with Gasteiger partial charge in [-0.15, -0.1) is 0 Å². The maximum atomic E-state index is 9.81. The molecule has 0 spiro atoms. The van der Waals surface area contributed by atoms with Crippen molar-refractivity contribution in [1.82, 2.24) is 5.32 Å².